The van der Waals surface area contributed by atoms with Gasteiger partial charge in [0.2, 0.25) is 0 Å². The quantitative estimate of drug-likeness (QED) is 0.287. The van der Waals surface area contributed by atoms with Crippen LogP contribution in [-0.2, 0) is 13.2 Å². The Hall–Kier alpha value is -2.88. The number of halogens is 7. The maximum Gasteiger partial charge on any atom is 0.417 e. The fourth-order valence-corrected chi connectivity index (χ4v) is 3.76. The molecule has 0 aliphatic rings. The molecule has 0 radical (unpaired) electrons. The normalized spacial score (nSPS) is 11.6. The van der Waals surface area contributed by atoms with Crippen molar-refractivity contribution in [3.63, 3.8) is 0 Å². The second kappa shape index (κ2) is 8.81. The van der Waals surface area contributed by atoms with Gasteiger partial charge in [0.25, 0.3) is 0 Å². The smallest absolute Gasteiger partial charge is 0.339 e. The highest BCUT2D eigenvalue weighted by atomic mass is 35.5. The molecule has 170 valence electrons. The number of alkyl halides is 3. The number of hydrogen-bond donors (Lipinski definition) is 1. The summed E-state index contributed by atoms with van der Waals surface area (Å²) in [7, 11) is 1.62. The number of nitrogens with zero attached hydrogens (tertiary/aromatic N) is 4. The van der Waals surface area contributed by atoms with Gasteiger partial charge in [0.05, 0.1) is 26.2 Å². The van der Waals surface area contributed by atoms with E-state index in [2.05, 4.69) is 20.4 Å². The maximum absolute atomic E-state index is 14.3. The summed E-state index contributed by atoms with van der Waals surface area (Å²) in [5.74, 6) is -0.0870. The Morgan fingerprint density at radius 1 is 0.970 bits per heavy atom. The first-order valence-corrected chi connectivity index (χ1v) is 10.3. The molecule has 0 spiro atoms. The largest absolute Gasteiger partial charge is 0.417 e. The summed E-state index contributed by atoms with van der Waals surface area (Å²) in [6.07, 6.45) is -3.87. The predicted molar refractivity (Wildman–Crippen MR) is 119 cm³/mol. The molecule has 33 heavy (non-hydrogen) atoms. The lowest BCUT2D eigenvalue weighted by atomic mass is 10.1. The molecule has 12 heteroatoms. The van der Waals surface area contributed by atoms with Gasteiger partial charge in [0, 0.05) is 24.5 Å². The molecule has 0 aliphatic carbocycles. The lowest BCUT2D eigenvalue weighted by molar-refractivity contribution is -0.137. The van der Waals surface area contributed by atoms with E-state index < -0.39 is 17.6 Å². The molecule has 5 nitrogen and oxygen atoms in total. The number of rotatable bonds is 4. The van der Waals surface area contributed by atoms with E-state index in [9.17, 15) is 17.6 Å². The Morgan fingerprint density at radius 2 is 1.73 bits per heavy atom. The second-order valence-electron chi connectivity index (χ2n) is 6.85. The Morgan fingerprint density at radius 3 is 2.36 bits per heavy atom. The average Bonchev–Trinajstić information content (AvgIpc) is 3.09. The number of benzene rings is 2. The van der Waals surface area contributed by atoms with E-state index in [1.165, 1.54) is 28.9 Å². The molecular weight excluding hydrogens is 505 g/mol. The summed E-state index contributed by atoms with van der Waals surface area (Å²) in [5.41, 5.74) is 0.0257. The minimum Gasteiger partial charge on any atom is -0.339 e. The number of anilines is 2. The number of aromatic nitrogens is 4. The topological polar surface area (TPSA) is 55.6 Å². The summed E-state index contributed by atoms with van der Waals surface area (Å²) in [6.45, 7) is 0. The zero-order valence-electron chi connectivity index (χ0n) is 16.6. The van der Waals surface area contributed by atoms with Crippen molar-refractivity contribution in [2.45, 2.75) is 6.18 Å². The van der Waals surface area contributed by atoms with Crippen LogP contribution in [0.4, 0.5) is 29.1 Å². The fraction of sp³-hybridized carbons (Fsp3) is 0.0952. The Kier molecular flexibility index (Phi) is 6.22. The summed E-state index contributed by atoms with van der Waals surface area (Å²) >= 11 is 18.5. The van der Waals surface area contributed by atoms with Gasteiger partial charge in [-0.3, -0.25) is 0 Å². The molecule has 0 amide bonds. The van der Waals surface area contributed by atoms with Gasteiger partial charge in [-0.2, -0.15) is 18.3 Å². The van der Waals surface area contributed by atoms with Crippen molar-refractivity contribution in [2.24, 2.45) is 7.05 Å². The van der Waals surface area contributed by atoms with E-state index in [1.54, 1.807) is 19.2 Å². The Balaban J connectivity index is 1.64. The van der Waals surface area contributed by atoms with Crippen molar-refractivity contribution in [1.29, 1.82) is 0 Å². The zero-order chi connectivity index (χ0) is 23.9. The molecule has 0 atom stereocenters. The Labute approximate surface area is 200 Å². The molecule has 2 heterocycles. The highest BCUT2D eigenvalue weighted by Crippen LogP contribution is 2.36. The van der Waals surface area contributed by atoms with E-state index in [4.69, 9.17) is 34.8 Å². The van der Waals surface area contributed by atoms with Gasteiger partial charge in [-0.15, -0.1) is 0 Å². The zero-order valence-corrected chi connectivity index (χ0v) is 18.8. The van der Waals surface area contributed by atoms with Gasteiger partial charge in [0.1, 0.15) is 11.6 Å². The van der Waals surface area contributed by atoms with Gasteiger partial charge in [-0.25, -0.2) is 19.0 Å². The molecule has 0 fully saturated rings. The number of nitrogens with one attached hydrogen (secondary N) is 1. The van der Waals surface area contributed by atoms with Crippen molar-refractivity contribution in [2.75, 3.05) is 5.32 Å². The van der Waals surface area contributed by atoms with Gasteiger partial charge in [0.15, 0.2) is 11.6 Å². The molecule has 0 saturated heterocycles. The third kappa shape index (κ3) is 4.75. The molecule has 4 aromatic rings. The molecule has 2 aromatic carbocycles. The van der Waals surface area contributed by atoms with Crippen LogP contribution < -0.4 is 5.32 Å². The van der Waals surface area contributed by atoms with E-state index in [0.29, 0.717) is 23.3 Å². The summed E-state index contributed by atoms with van der Waals surface area (Å²) < 4.78 is 54.1. The first-order valence-electron chi connectivity index (χ1n) is 9.19. The van der Waals surface area contributed by atoms with Gasteiger partial charge < -0.3 is 5.32 Å². The summed E-state index contributed by atoms with van der Waals surface area (Å²) in [6, 6.07) is 9.81. The first-order chi connectivity index (χ1) is 15.5. The van der Waals surface area contributed by atoms with Crippen molar-refractivity contribution in [3.8, 4) is 22.8 Å². The van der Waals surface area contributed by atoms with Crippen LogP contribution >= 0.6 is 34.8 Å². The van der Waals surface area contributed by atoms with Crippen molar-refractivity contribution in [1.82, 2.24) is 19.7 Å². The maximum atomic E-state index is 14.3. The molecule has 1 N–H and O–H groups in total. The highest BCUT2D eigenvalue weighted by molar-refractivity contribution is 6.34. The lowest BCUT2D eigenvalue weighted by Crippen LogP contribution is -2.06. The predicted octanol–water partition coefficient (Wildman–Crippen LogP) is 7.41. The van der Waals surface area contributed by atoms with E-state index in [1.807, 2.05) is 0 Å². The van der Waals surface area contributed by atoms with Crippen LogP contribution in [0.15, 0.2) is 48.7 Å². The highest BCUT2D eigenvalue weighted by Gasteiger charge is 2.31. The van der Waals surface area contributed by atoms with Gasteiger partial charge in [-0.1, -0.05) is 40.9 Å². The second-order valence-corrected chi connectivity index (χ2v) is 8.07. The standard InChI is InChI=1S/C21H12Cl3F4N5/c1-33-20(31-19(32-33)17-13(22)3-2-4-16(17)25)12-6-5-11(8-14(12)23)30-18-15(24)7-10(9-29-18)21(26,27)28/h2-9H,1H3,(H,29,30). The molecule has 0 saturated carbocycles. The number of hydrogen-bond acceptors (Lipinski definition) is 4. The van der Waals surface area contributed by atoms with Crippen molar-refractivity contribution < 1.29 is 17.6 Å². The van der Waals surface area contributed by atoms with Crippen LogP contribution in [0.25, 0.3) is 22.8 Å². The van der Waals surface area contributed by atoms with Crippen molar-refractivity contribution in [3.05, 3.63) is 75.1 Å². The van der Waals surface area contributed by atoms with Gasteiger partial charge >= 0.3 is 6.18 Å². The third-order valence-electron chi connectivity index (χ3n) is 4.59. The van der Waals surface area contributed by atoms with Gasteiger partial charge in [-0.05, 0) is 36.4 Å². The average molecular weight is 517 g/mol. The minimum absolute atomic E-state index is 0.0311. The molecule has 0 unspecified atom stereocenters. The van der Waals surface area contributed by atoms with E-state index >= 15 is 0 Å². The molecule has 4 rings (SSSR count). The first kappa shape index (κ1) is 23.3. The SMILES string of the molecule is Cn1nc(-c2c(F)cccc2Cl)nc1-c1ccc(Nc2ncc(C(F)(F)F)cc2Cl)cc1Cl. The third-order valence-corrected chi connectivity index (χ3v) is 5.51. The van der Waals surface area contributed by atoms with Crippen LogP contribution in [0.5, 0.6) is 0 Å². The van der Waals surface area contributed by atoms with Crippen LogP contribution in [0.2, 0.25) is 15.1 Å². The molecule has 2 aromatic heterocycles. The minimum atomic E-state index is -4.55. The summed E-state index contributed by atoms with van der Waals surface area (Å²) in [5, 5.41) is 7.28. The molecule has 0 aliphatic heterocycles. The van der Waals surface area contributed by atoms with E-state index in [0.717, 1.165) is 6.07 Å². The van der Waals surface area contributed by atoms with Crippen LogP contribution in [0, 0.1) is 5.82 Å². The van der Waals surface area contributed by atoms with Crippen molar-refractivity contribution >= 4 is 46.3 Å². The lowest BCUT2D eigenvalue weighted by Gasteiger charge is -2.12. The molecular formula is C21H12Cl3F4N5. The fourth-order valence-electron chi connectivity index (χ4n) is 3.03. The monoisotopic (exact) mass is 515 g/mol. The van der Waals surface area contributed by atoms with Crippen LogP contribution in [-0.4, -0.2) is 19.7 Å². The van der Waals surface area contributed by atoms with E-state index in [-0.39, 0.29) is 32.3 Å². The summed E-state index contributed by atoms with van der Waals surface area (Å²) in [4.78, 5) is 8.11. The van der Waals surface area contributed by atoms with Crippen LogP contribution in [0.1, 0.15) is 5.56 Å². The number of pyridine rings is 1. The molecule has 0 bridgehead atoms. The number of aryl methyl sites for hydroxylation is 1. The Bertz CT molecular complexity index is 1330. The van der Waals surface area contributed by atoms with Crippen LogP contribution in [0.3, 0.4) is 0 Å².